The fourth-order valence-electron chi connectivity index (χ4n) is 1.14. The lowest BCUT2D eigenvalue weighted by Gasteiger charge is -1.98. The normalized spacial score (nSPS) is 9.15. The molecule has 0 aliphatic rings. The van der Waals surface area contributed by atoms with Crippen LogP contribution in [0.2, 0.25) is 0 Å². The number of aldehydes is 1. The molecule has 0 aromatic heterocycles. The summed E-state index contributed by atoms with van der Waals surface area (Å²) in [5.74, 6) is 0. The van der Waals surface area contributed by atoms with Gasteiger partial charge in [0.2, 0.25) is 0 Å². The lowest BCUT2D eigenvalue weighted by Crippen LogP contribution is -1.87. The van der Waals surface area contributed by atoms with Crippen LogP contribution in [0.25, 0.3) is 0 Å². The molecule has 0 aliphatic carbocycles. The van der Waals surface area contributed by atoms with E-state index in [9.17, 15) is 4.79 Å². The van der Waals surface area contributed by atoms with E-state index in [1.807, 2.05) is 24.3 Å². The molecule has 0 atom stereocenters. The summed E-state index contributed by atoms with van der Waals surface area (Å²) >= 11 is 0. The zero-order valence-electron chi connectivity index (χ0n) is 7.36. The molecule has 0 amide bonds. The molecular formula is C11H11NO. The summed E-state index contributed by atoms with van der Waals surface area (Å²) in [5, 5.41) is 8.43. The number of nitriles is 1. The summed E-state index contributed by atoms with van der Waals surface area (Å²) < 4.78 is 0. The molecule has 2 heteroatoms. The van der Waals surface area contributed by atoms with Crippen LogP contribution in [0.4, 0.5) is 0 Å². The van der Waals surface area contributed by atoms with E-state index in [0.29, 0.717) is 12.8 Å². The van der Waals surface area contributed by atoms with Crippen LogP contribution in [0.3, 0.4) is 0 Å². The van der Waals surface area contributed by atoms with Crippen LogP contribution in [0.1, 0.15) is 17.5 Å². The van der Waals surface area contributed by atoms with Crippen molar-refractivity contribution in [2.45, 2.75) is 19.3 Å². The predicted octanol–water partition coefficient (Wildman–Crippen LogP) is 1.88. The fraction of sp³-hybridized carbons (Fsp3) is 0.273. The van der Waals surface area contributed by atoms with Gasteiger partial charge in [0.15, 0.2) is 0 Å². The maximum atomic E-state index is 10.1. The predicted molar refractivity (Wildman–Crippen MR) is 50.1 cm³/mol. The van der Waals surface area contributed by atoms with E-state index < -0.39 is 0 Å². The van der Waals surface area contributed by atoms with Gasteiger partial charge in [-0.1, -0.05) is 24.3 Å². The number of hydrogen-bond acceptors (Lipinski definition) is 2. The van der Waals surface area contributed by atoms with E-state index in [4.69, 9.17) is 5.26 Å². The Kier molecular flexibility index (Phi) is 3.72. The van der Waals surface area contributed by atoms with Crippen molar-refractivity contribution < 1.29 is 4.79 Å². The van der Waals surface area contributed by atoms with Gasteiger partial charge in [-0.25, -0.2) is 0 Å². The Balaban J connectivity index is 2.59. The largest absolute Gasteiger partial charge is 0.303 e. The third kappa shape index (κ3) is 3.08. The van der Waals surface area contributed by atoms with E-state index in [1.54, 1.807) is 0 Å². The van der Waals surface area contributed by atoms with E-state index >= 15 is 0 Å². The monoisotopic (exact) mass is 173 g/mol. The molecular weight excluding hydrogens is 162 g/mol. The van der Waals surface area contributed by atoms with Gasteiger partial charge in [0.1, 0.15) is 6.29 Å². The molecule has 0 fully saturated rings. The van der Waals surface area contributed by atoms with Gasteiger partial charge in [-0.05, 0) is 17.5 Å². The van der Waals surface area contributed by atoms with Gasteiger partial charge >= 0.3 is 0 Å². The summed E-state index contributed by atoms with van der Waals surface area (Å²) in [7, 11) is 0. The highest BCUT2D eigenvalue weighted by Gasteiger charge is 1.93. The van der Waals surface area contributed by atoms with Crippen molar-refractivity contribution in [2.75, 3.05) is 0 Å². The fourth-order valence-corrected chi connectivity index (χ4v) is 1.14. The van der Waals surface area contributed by atoms with E-state index in [1.165, 1.54) is 0 Å². The Morgan fingerprint density at radius 1 is 1.23 bits per heavy atom. The zero-order chi connectivity index (χ0) is 9.52. The molecule has 0 saturated heterocycles. The second-order valence-corrected chi connectivity index (χ2v) is 2.86. The molecule has 0 bridgehead atoms. The molecule has 0 N–H and O–H groups in total. The quantitative estimate of drug-likeness (QED) is 0.652. The summed E-state index contributed by atoms with van der Waals surface area (Å²) in [6, 6.07) is 9.90. The molecule has 66 valence electrons. The van der Waals surface area contributed by atoms with Gasteiger partial charge < -0.3 is 4.79 Å². The molecule has 0 radical (unpaired) electrons. The van der Waals surface area contributed by atoms with E-state index in [-0.39, 0.29) is 0 Å². The molecule has 0 heterocycles. The standard InChI is InChI=1S/C11H11NO/c12-8-7-11-5-3-10(4-6-11)2-1-9-13/h3-6,9H,1-2,7H2. The lowest BCUT2D eigenvalue weighted by atomic mass is 10.1. The van der Waals surface area contributed by atoms with Gasteiger partial charge in [-0.3, -0.25) is 0 Å². The lowest BCUT2D eigenvalue weighted by molar-refractivity contribution is -0.107. The van der Waals surface area contributed by atoms with Gasteiger partial charge in [0.25, 0.3) is 0 Å². The molecule has 1 aromatic rings. The summed E-state index contributed by atoms with van der Waals surface area (Å²) in [6.07, 6.45) is 2.73. The van der Waals surface area contributed by atoms with Crippen molar-refractivity contribution >= 4 is 6.29 Å². The number of rotatable bonds is 4. The highest BCUT2D eigenvalue weighted by molar-refractivity contribution is 5.50. The Bertz CT molecular complexity index is 308. The smallest absolute Gasteiger partial charge is 0.120 e. The van der Waals surface area contributed by atoms with E-state index in [0.717, 1.165) is 23.8 Å². The highest BCUT2D eigenvalue weighted by Crippen LogP contribution is 2.06. The Morgan fingerprint density at radius 3 is 2.38 bits per heavy atom. The number of benzene rings is 1. The Morgan fingerprint density at radius 2 is 1.85 bits per heavy atom. The number of carbonyl (C=O) groups excluding carboxylic acids is 1. The molecule has 1 rings (SSSR count). The first-order valence-electron chi connectivity index (χ1n) is 4.25. The van der Waals surface area contributed by atoms with Gasteiger partial charge in [-0.2, -0.15) is 5.26 Å². The molecule has 0 unspecified atom stereocenters. The second-order valence-electron chi connectivity index (χ2n) is 2.86. The van der Waals surface area contributed by atoms with Gasteiger partial charge in [0.05, 0.1) is 12.5 Å². The first kappa shape index (κ1) is 9.47. The van der Waals surface area contributed by atoms with Crippen molar-refractivity contribution in [3.05, 3.63) is 35.4 Å². The molecule has 0 saturated carbocycles. The van der Waals surface area contributed by atoms with Gasteiger partial charge in [0, 0.05) is 6.42 Å². The molecule has 2 nitrogen and oxygen atoms in total. The van der Waals surface area contributed by atoms with Crippen molar-refractivity contribution in [1.29, 1.82) is 5.26 Å². The van der Waals surface area contributed by atoms with Crippen molar-refractivity contribution in [2.24, 2.45) is 0 Å². The minimum absolute atomic E-state index is 0.452. The maximum absolute atomic E-state index is 10.1. The van der Waals surface area contributed by atoms with E-state index in [2.05, 4.69) is 6.07 Å². The Hall–Kier alpha value is -1.62. The maximum Gasteiger partial charge on any atom is 0.120 e. The Labute approximate surface area is 77.8 Å². The molecule has 1 aromatic carbocycles. The van der Waals surface area contributed by atoms with Crippen LogP contribution >= 0.6 is 0 Å². The van der Waals surface area contributed by atoms with Crippen LogP contribution in [0.5, 0.6) is 0 Å². The summed E-state index contributed by atoms with van der Waals surface area (Å²) in [6.45, 7) is 0. The third-order valence-corrected chi connectivity index (χ3v) is 1.86. The minimum atomic E-state index is 0.452. The van der Waals surface area contributed by atoms with Crippen LogP contribution in [-0.4, -0.2) is 6.29 Å². The van der Waals surface area contributed by atoms with Gasteiger partial charge in [-0.15, -0.1) is 0 Å². The average Bonchev–Trinajstić information content (AvgIpc) is 2.17. The van der Waals surface area contributed by atoms with Crippen LogP contribution in [0, 0.1) is 11.3 Å². The zero-order valence-corrected chi connectivity index (χ0v) is 7.36. The van der Waals surface area contributed by atoms with Crippen molar-refractivity contribution in [3.8, 4) is 6.07 Å². The SMILES string of the molecule is N#CCc1ccc(CCC=O)cc1. The molecule has 0 aliphatic heterocycles. The molecule has 13 heavy (non-hydrogen) atoms. The minimum Gasteiger partial charge on any atom is -0.303 e. The van der Waals surface area contributed by atoms with Crippen LogP contribution in [-0.2, 0) is 17.6 Å². The average molecular weight is 173 g/mol. The topological polar surface area (TPSA) is 40.9 Å². The first-order valence-corrected chi connectivity index (χ1v) is 4.25. The second kappa shape index (κ2) is 5.10. The van der Waals surface area contributed by atoms with Crippen LogP contribution in [0.15, 0.2) is 24.3 Å². The highest BCUT2D eigenvalue weighted by atomic mass is 16.1. The third-order valence-electron chi connectivity index (χ3n) is 1.86. The number of nitrogens with zero attached hydrogens (tertiary/aromatic N) is 1. The van der Waals surface area contributed by atoms with Crippen molar-refractivity contribution in [1.82, 2.24) is 0 Å². The number of carbonyl (C=O) groups is 1. The summed E-state index contributed by atoms with van der Waals surface area (Å²) in [5.41, 5.74) is 2.17. The number of hydrogen-bond donors (Lipinski definition) is 0. The van der Waals surface area contributed by atoms with Crippen LogP contribution < -0.4 is 0 Å². The first-order chi connectivity index (χ1) is 6.36. The molecule has 0 spiro atoms. The summed E-state index contributed by atoms with van der Waals surface area (Å²) in [4.78, 5) is 10.1. The number of aryl methyl sites for hydroxylation is 1. The van der Waals surface area contributed by atoms with Crippen molar-refractivity contribution in [3.63, 3.8) is 0 Å².